The number of tetrazole rings is 1. The van der Waals surface area contributed by atoms with Crippen molar-refractivity contribution in [3.8, 4) is 5.69 Å². The highest BCUT2D eigenvalue weighted by Crippen LogP contribution is 2.23. The molecule has 0 radical (unpaired) electrons. The van der Waals surface area contributed by atoms with Gasteiger partial charge in [-0.15, -0.1) is 5.10 Å². The largest absolute Gasteiger partial charge is 0.307 e. The summed E-state index contributed by atoms with van der Waals surface area (Å²) in [4.78, 5) is 0. The summed E-state index contributed by atoms with van der Waals surface area (Å²) in [6.45, 7) is 4.68. The van der Waals surface area contributed by atoms with E-state index in [0.717, 1.165) is 25.1 Å². The number of nitrogens with one attached hydrogen (secondary N) is 1. The van der Waals surface area contributed by atoms with E-state index in [-0.39, 0.29) is 16.2 Å². The summed E-state index contributed by atoms with van der Waals surface area (Å²) in [5.41, 5.74) is -0.0177. The van der Waals surface area contributed by atoms with E-state index in [0.29, 0.717) is 5.82 Å². The minimum absolute atomic E-state index is 0.0177. The highest BCUT2D eigenvalue weighted by atomic mass is 79.9. The molecule has 0 bridgehead atoms. The Hall–Kier alpha value is -1.41. The molecule has 108 valence electrons. The third-order valence-corrected chi connectivity index (χ3v) is 3.41. The molecule has 1 heterocycles. The molecule has 2 rings (SSSR count). The molecule has 0 spiro atoms. The summed E-state index contributed by atoms with van der Waals surface area (Å²) in [6, 6.07) is 1.95. The van der Waals surface area contributed by atoms with Crippen molar-refractivity contribution in [2.24, 2.45) is 0 Å². The molecule has 0 aliphatic carbocycles. The fourth-order valence-electron chi connectivity index (χ4n) is 1.76. The van der Waals surface area contributed by atoms with Gasteiger partial charge in [0.15, 0.2) is 5.82 Å². The summed E-state index contributed by atoms with van der Waals surface area (Å²) in [7, 11) is 0. The second kappa shape index (κ2) is 6.36. The van der Waals surface area contributed by atoms with E-state index < -0.39 is 11.6 Å². The molecule has 20 heavy (non-hydrogen) atoms. The standard InChI is InChI=1S/C12H14BrF2N5/c1-3-4-16-7(2)12-17-18-19-20(12)11-6-9(14)8(13)5-10(11)15/h5-7,16H,3-4H2,1-2H3. The van der Waals surface area contributed by atoms with Crippen molar-refractivity contribution in [1.82, 2.24) is 25.5 Å². The Labute approximate surface area is 123 Å². The molecule has 8 heteroatoms. The maximum absolute atomic E-state index is 14.0. The third kappa shape index (κ3) is 3.01. The maximum Gasteiger partial charge on any atom is 0.173 e. The van der Waals surface area contributed by atoms with Crippen LogP contribution in [0.4, 0.5) is 8.78 Å². The van der Waals surface area contributed by atoms with Gasteiger partial charge in [-0.05, 0) is 52.3 Å². The van der Waals surface area contributed by atoms with E-state index in [1.54, 1.807) is 0 Å². The van der Waals surface area contributed by atoms with Crippen molar-refractivity contribution >= 4 is 15.9 Å². The van der Waals surface area contributed by atoms with Crippen molar-refractivity contribution < 1.29 is 8.78 Å². The zero-order valence-electron chi connectivity index (χ0n) is 11.1. The average molecular weight is 346 g/mol. The fourth-order valence-corrected chi connectivity index (χ4v) is 2.08. The Bertz CT molecular complexity index is 602. The number of benzene rings is 1. The van der Waals surface area contributed by atoms with Crippen LogP contribution in [0.5, 0.6) is 0 Å². The van der Waals surface area contributed by atoms with Crippen LogP contribution in [0.25, 0.3) is 5.69 Å². The number of nitrogens with zero attached hydrogens (tertiary/aromatic N) is 4. The van der Waals surface area contributed by atoms with Gasteiger partial charge in [0.25, 0.3) is 0 Å². The molecular formula is C12H14BrF2N5. The quantitative estimate of drug-likeness (QED) is 0.846. The van der Waals surface area contributed by atoms with E-state index in [9.17, 15) is 8.78 Å². The molecule has 1 atom stereocenters. The number of hydrogen-bond donors (Lipinski definition) is 1. The summed E-state index contributed by atoms with van der Waals surface area (Å²) in [5, 5.41) is 14.4. The van der Waals surface area contributed by atoms with Gasteiger partial charge in [-0.2, -0.15) is 4.68 Å². The molecular weight excluding hydrogens is 332 g/mol. The lowest BCUT2D eigenvalue weighted by Crippen LogP contribution is -2.23. The summed E-state index contributed by atoms with van der Waals surface area (Å²) in [6.07, 6.45) is 0.952. The van der Waals surface area contributed by atoms with Crippen LogP contribution < -0.4 is 5.32 Å². The van der Waals surface area contributed by atoms with Gasteiger partial charge >= 0.3 is 0 Å². The van der Waals surface area contributed by atoms with Gasteiger partial charge in [-0.1, -0.05) is 6.92 Å². The van der Waals surface area contributed by atoms with Crippen LogP contribution in [0.2, 0.25) is 0 Å². The number of halogens is 3. The minimum atomic E-state index is -0.602. The van der Waals surface area contributed by atoms with Gasteiger partial charge in [0.05, 0.1) is 10.5 Å². The third-order valence-electron chi connectivity index (χ3n) is 2.80. The van der Waals surface area contributed by atoms with Crippen molar-refractivity contribution in [1.29, 1.82) is 0 Å². The van der Waals surface area contributed by atoms with Crippen LogP contribution >= 0.6 is 15.9 Å². The first kappa shape index (κ1) is 15.0. The van der Waals surface area contributed by atoms with Crippen LogP contribution in [-0.4, -0.2) is 26.8 Å². The number of aromatic nitrogens is 4. The summed E-state index contributed by atoms with van der Waals surface area (Å²) >= 11 is 2.94. The molecule has 0 saturated heterocycles. The Morgan fingerprint density at radius 3 is 2.80 bits per heavy atom. The summed E-state index contributed by atoms with van der Waals surface area (Å²) in [5.74, 6) is -0.745. The Morgan fingerprint density at radius 2 is 2.10 bits per heavy atom. The second-order valence-corrected chi connectivity index (χ2v) is 5.20. The van der Waals surface area contributed by atoms with Crippen molar-refractivity contribution in [3.63, 3.8) is 0 Å². The van der Waals surface area contributed by atoms with E-state index in [1.807, 2.05) is 13.8 Å². The molecule has 1 N–H and O–H groups in total. The van der Waals surface area contributed by atoms with Crippen LogP contribution in [0, 0.1) is 11.6 Å². The topological polar surface area (TPSA) is 55.6 Å². The SMILES string of the molecule is CCCNC(C)c1nnnn1-c1cc(F)c(Br)cc1F. The number of hydrogen-bond acceptors (Lipinski definition) is 4. The van der Waals surface area contributed by atoms with Gasteiger partial charge < -0.3 is 5.32 Å². The maximum atomic E-state index is 14.0. The second-order valence-electron chi connectivity index (χ2n) is 4.34. The lowest BCUT2D eigenvalue weighted by Gasteiger charge is -2.13. The van der Waals surface area contributed by atoms with E-state index >= 15 is 0 Å². The lowest BCUT2D eigenvalue weighted by molar-refractivity contribution is 0.521. The van der Waals surface area contributed by atoms with Gasteiger partial charge in [0.1, 0.15) is 17.3 Å². The predicted octanol–water partition coefficient (Wildman–Crippen LogP) is 2.76. The molecule has 1 aromatic heterocycles. The van der Waals surface area contributed by atoms with Gasteiger partial charge in [0.2, 0.25) is 0 Å². The predicted molar refractivity (Wildman–Crippen MR) is 73.5 cm³/mol. The smallest absolute Gasteiger partial charge is 0.173 e. The first-order valence-electron chi connectivity index (χ1n) is 6.21. The average Bonchev–Trinajstić information content (AvgIpc) is 2.89. The van der Waals surface area contributed by atoms with Crippen LogP contribution in [-0.2, 0) is 0 Å². The molecule has 0 aliphatic heterocycles. The first-order chi connectivity index (χ1) is 9.54. The van der Waals surface area contributed by atoms with Crippen LogP contribution in [0.3, 0.4) is 0 Å². The first-order valence-corrected chi connectivity index (χ1v) is 7.00. The zero-order valence-corrected chi connectivity index (χ0v) is 12.7. The highest BCUT2D eigenvalue weighted by Gasteiger charge is 2.19. The van der Waals surface area contributed by atoms with E-state index in [1.165, 1.54) is 4.68 Å². The lowest BCUT2D eigenvalue weighted by atomic mass is 10.2. The molecule has 2 aromatic rings. The fraction of sp³-hybridized carbons (Fsp3) is 0.417. The Kier molecular flexibility index (Phi) is 4.77. The normalized spacial score (nSPS) is 12.7. The van der Waals surface area contributed by atoms with Crippen LogP contribution in [0.15, 0.2) is 16.6 Å². The Morgan fingerprint density at radius 1 is 1.35 bits per heavy atom. The van der Waals surface area contributed by atoms with Crippen molar-refractivity contribution in [2.45, 2.75) is 26.3 Å². The van der Waals surface area contributed by atoms with Crippen molar-refractivity contribution in [3.05, 3.63) is 34.1 Å². The summed E-state index contributed by atoms with van der Waals surface area (Å²) < 4.78 is 28.8. The molecule has 1 aromatic carbocycles. The van der Waals surface area contributed by atoms with E-state index in [2.05, 4.69) is 36.8 Å². The molecule has 5 nitrogen and oxygen atoms in total. The minimum Gasteiger partial charge on any atom is -0.307 e. The number of rotatable bonds is 5. The van der Waals surface area contributed by atoms with Gasteiger partial charge in [-0.3, -0.25) is 0 Å². The van der Waals surface area contributed by atoms with Crippen molar-refractivity contribution in [2.75, 3.05) is 6.54 Å². The molecule has 1 unspecified atom stereocenters. The van der Waals surface area contributed by atoms with Crippen LogP contribution in [0.1, 0.15) is 32.1 Å². The zero-order chi connectivity index (χ0) is 14.7. The van der Waals surface area contributed by atoms with E-state index in [4.69, 9.17) is 0 Å². The molecule has 0 saturated carbocycles. The highest BCUT2D eigenvalue weighted by molar-refractivity contribution is 9.10. The monoisotopic (exact) mass is 345 g/mol. The molecule has 0 fully saturated rings. The van der Waals surface area contributed by atoms with Gasteiger partial charge in [0, 0.05) is 6.07 Å². The van der Waals surface area contributed by atoms with Gasteiger partial charge in [-0.25, -0.2) is 8.78 Å². The Balaban J connectivity index is 2.39. The molecule has 0 amide bonds. The molecule has 0 aliphatic rings.